The number of para-hydroxylation sites is 1. The van der Waals surface area contributed by atoms with Crippen LogP contribution in [0.25, 0.3) is 10.7 Å². The van der Waals surface area contributed by atoms with Crippen molar-refractivity contribution in [1.29, 1.82) is 0 Å². The van der Waals surface area contributed by atoms with Crippen LogP contribution in [0.4, 0.5) is 5.13 Å². The highest BCUT2D eigenvalue weighted by Gasteiger charge is 2.43. The molecule has 0 unspecified atom stereocenters. The summed E-state index contributed by atoms with van der Waals surface area (Å²) >= 11 is 1.47. The summed E-state index contributed by atoms with van der Waals surface area (Å²) in [6, 6.07) is 7.46. The highest BCUT2D eigenvalue weighted by molar-refractivity contribution is 7.18. The molecule has 1 spiro atoms. The van der Waals surface area contributed by atoms with Crippen molar-refractivity contribution < 1.29 is 19.1 Å². The normalized spacial score (nSPS) is 17.4. The average molecular weight is 483 g/mol. The predicted molar refractivity (Wildman–Crippen MR) is 125 cm³/mol. The zero-order valence-electron chi connectivity index (χ0n) is 19.4. The molecule has 2 aromatic heterocycles. The van der Waals surface area contributed by atoms with Gasteiger partial charge < -0.3 is 14.4 Å². The van der Waals surface area contributed by atoms with Crippen molar-refractivity contribution in [2.75, 3.05) is 18.0 Å². The molecule has 3 aromatic rings. The van der Waals surface area contributed by atoms with Crippen molar-refractivity contribution in [2.45, 2.75) is 57.8 Å². The summed E-state index contributed by atoms with van der Waals surface area (Å²) in [5, 5.41) is 13.2. The smallest absolute Gasteiger partial charge is 0.330 e. The average Bonchev–Trinajstić information content (AvgIpc) is 3.43. The summed E-state index contributed by atoms with van der Waals surface area (Å²) in [4.78, 5) is 33.4. The molecule has 2 aliphatic heterocycles. The monoisotopic (exact) mass is 482 g/mol. The first-order chi connectivity index (χ1) is 16.2. The van der Waals surface area contributed by atoms with E-state index in [1.54, 1.807) is 6.20 Å². The van der Waals surface area contributed by atoms with E-state index in [-0.39, 0.29) is 12.3 Å². The molecule has 0 saturated carbocycles. The van der Waals surface area contributed by atoms with E-state index >= 15 is 0 Å². The van der Waals surface area contributed by atoms with Crippen LogP contribution >= 0.6 is 11.3 Å². The van der Waals surface area contributed by atoms with Crippen LogP contribution in [-0.2, 0) is 16.1 Å². The Balaban J connectivity index is 1.22. The second kappa shape index (κ2) is 8.46. The molecule has 2 aliphatic rings. The second-order valence-electron chi connectivity index (χ2n) is 9.61. The van der Waals surface area contributed by atoms with Gasteiger partial charge in [0.15, 0.2) is 17.5 Å². The van der Waals surface area contributed by atoms with Gasteiger partial charge in [0, 0.05) is 25.9 Å². The van der Waals surface area contributed by atoms with Crippen molar-refractivity contribution >= 4 is 28.2 Å². The molecule has 0 aliphatic carbocycles. The van der Waals surface area contributed by atoms with Crippen LogP contribution < -0.4 is 9.64 Å². The fourth-order valence-electron chi connectivity index (χ4n) is 4.24. The highest BCUT2D eigenvalue weighted by Crippen LogP contribution is 2.40. The first-order valence-corrected chi connectivity index (χ1v) is 12.0. The maximum atomic E-state index is 12.7. The maximum Gasteiger partial charge on any atom is 0.330 e. The van der Waals surface area contributed by atoms with Gasteiger partial charge in [-0.1, -0.05) is 23.5 Å². The summed E-state index contributed by atoms with van der Waals surface area (Å²) in [7, 11) is 0. The van der Waals surface area contributed by atoms with Gasteiger partial charge in [-0.05, 0) is 38.1 Å². The third kappa shape index (κ3) is 4.65. The first-order valence-electron chi connectivity index (χ1n) is 11.2. The lowest BCUT2D eigenvalue weighted by Crippen LogP contribution is -2.51. The molecule has 0 bridgehead atoms. The number of Topliss-reactive ketones (excluding diaryl/α,β-unsaturated/α-hetero) is 1. The Bertz CT molecular complexity index is 1220. The number of hydrogen-bond donors (Lipinski definition) is 0. The van der Waals surface area contributed by atoms with Crippen LogP contribution in [-0.4, -0.2) is 61.2 Å². The number of hydrogen-bond acceptors (Lipinski definition) is 10. The Morgan fingerprint density at radius 1 is 1.24 bits per heavy atom. The van der Waals surface area contributed by atoms with Crippen molar-refractivity contribution in [2.24, 2.45) is 0 Å². The van der Waals surface area contributed by atoms with Crippen LogP contribution in [0.5, 0.6) is 5.75 Å². The molecule has 0 atom stereocenters. The molecule has 0 amide bonds. The Morgan fingerprint density at radius 2 is 2.00 bits per heavy atom. The van der Waals surface area contributed by atoms with E-state index in [1.165, 1.54) is 16.1 Å². The molecular weight excluding hydrogens is 456 g/mol. The number of aromatic nitrogens is 5. The van der Waals surface area contributed by atoms with E-state index < -0.39 is 17.2 Å². The largest absolute Gasteiger partial charge is 0.486 e. The Kier molecular flexibility index (Phi) is 5.59. The van der Waals surface area contributed by atoms with Crippen LogP contribution in [0, 0.1) is 0 Å². The lowest BCUT2D eigenvalue weighted by Gasteiger charge is -2.43. The summed E-state index contributed by atoms with van der Waals surface area (Å²) < 4.78 is 11.6. The number of esters is 1. The number of piperidine rings is 1. The van der Waals surface area contributed by atoms with E-state index in [2.05, 4.69) is 25.3 Å². The number of ether oxygens (including phenoxy) is 2. The number of fused-ring (bicyclic) bond motifs is 1. The van der Waals surface area contributed by atoms with E-state index in [1.807, 2.05) is 45.0 Å². The van der Waals surface area contributed by atoms with Gasteiger partial charge in [0.05, 0.1) is 23.1 Å². The standard InChI is InChI=1S/C23H26N6O4S/c1-22(2,3)33-19(31)14-29-26-20(25-27-29)18-13-24-21(34-18)28-10-8-23(9-11-28)12-16(30)15-6-4-5-7-17(15)32-23/h4-7,13H,8-12,14H2,1-3H3. The summed E-state index contributed by atoms with van der Waals surface area (Å²) in [5.74, 6) is 0.824. The van der Waals surface area contributed by atoms with Crippen molar-refractivity contribution in [3.05, 3.63) is 36.0 Å². The zero-order chi connectivity index (χ0) is 23.9. The quantitative estimate of drug-likeness (QED) is 0.518. The summed E-state index contributed by atoms with van der Waals surface area (Å²) in [6.07, 6.45) is 3.61. The lowest BCUT2D eigenvalue weighted by atomic mass is 9.82. The SMILES string of the molecule is CC(C)(C)OC(=O)Cn1nnc(-c2cnc(N3CCC4(CC3)CC(=O)c3ccccc3O4)s2)n1. The van der Waals surface area contributed by atoms with Crippen molar-refractivity contribution in [3.8, 4) is 16.5 Å². The molecule has 0 radical (unpaired) electrons. The number of thiazole rings is 1. The van der Waals surface area contributed by atoms with Gasteiger partial charge in [-0.3, -0.25) is 4.79 Å². The molecule has 34 heavy (non-hydrogen) atoms. The highest BCUT2D eigenvalue weighted by atomic mass is 32.1. The molecule has 1 aromatic carbocycles. The molecule has 11 heteroatoms. The molecular formula is C23H26N6O4S. The van der Waals surface area contributed by atoms with Crippen molar-refractivity contribution in [3.63, 3.8) is 0 Å². The summed E-state index contributed by atoms with van der Waals surface area (Å²) in [6.45, 7) is 6.80. The Morgan fingerprint density at radius 3 is 2.76 bits per heavy atom. The predicted octanol–water partition coefficient (Wildman–Crippen LogP) is 3.14. The lowest BCUT2D eigenvalue weighted by molar-refractivity contribution is -0.156. The van der Waals surface area contributed by atoms with Crippen LogP contribution in [0.15, 0.2) is 30.5 Å². The molecule has 4 heterocycles. The number of anilines is 1. The third-order valence-electron chi connectivity index (χ3n) is 5.80. The van der Waals surface area contributed by atoms with Crippen LogP contribution in [0.1, 0.15) is 50.4 Å². The van der Waals surface area contributed by atoms with E-state index in [0.29, 0.717) is 23.6 Å². The third-order valence-corrected chi connectivity index (χ3v) is 6.85. The second-order valence-corrected chi connectivity index (χ2v) is 10.6. The summed E-state index contributed by atoms with van der Waals surface area (Å²) in [5.41, 5.74) is -0.347. The Labute approximate surface area is 200 Å². The molecule has 5 rings (SSSR count). The number of tetrazole rings is 1. The molecule has 1 fully saturated rings. The number of carbonyl (C=O) groups excluding carboxylic acids is 2. The molecule has 0 N–H and O–H groups in total. The number of ketones is 1. The first kappa shape index (κ1) is 22.5. The molecule has 10 nitrogen and oxygen atoms in total. The minimum Gasteiger partial charge on any atom is -0.486 e. The van der Waals surface area contributed by atoms with E-state index in [0.717, 1.165) is 35.9 Å². The minimum atomic E-state index is -0.570. The van der Waals surface area contributed by atoms with Gasteiger partial charge in [0.2, 0.25) is 5.82 Å². The zero-order valence-corrected chi connectivity index (χ0v) is 20.2. The fourth-order valence-corrected chi connectivity index (χ4v) is 5.13. The van der Waals surface area contributed by atoms with Crippen molar-refractivity contribution in [1.82, 2.24) is 25.2 Å². The van der Waals surface area contributed by atoms with Gasteiger partial charge >= 0.3 is 5.97 Å². The number of nitrogens with zero attached hydrogens (tertiary/aromatic N) is 6. The van der Waals surface area contributed by atoms with Gasteiger partial charge in [0.25, 0.3) is 0 Å². The minimum absolute atomic E-state index is 0.105. The fraction of sp³-hybridized carbons (Fsp3) is 0.478. The maximum absolute atomic E-state index is 12.7. The molecule has 1 saturated heterocycles. The van der Waals surface area contributed by atoms with Gasteiger partial charge in [-0.2, -0.15) is 4.80 Å². The number of benzene rings is 1. The van der Waals surface area contributed by atoms with E-state index in [4.69, 9.17) is 9.47 Å². The number of rotatable bonds is 4. The van der Waals surface area contributed by atoms with Crippen LogP contribution in [0.3, 0.4) is 0 Å². The number of carbonyl (C=O) groups is 2. The topological polar surface area (TPSA) is 112 Å². The molecule has 178 valence electrons. The van der Waals surface area contributed by atoms with Gasteiger partial charge in [0.1, 0.15) is 17.0 Å². The Hall–Kier alpha value is -3.34. The van der Waals surface area contributed by atoms with Gasteiger partial charge in [-0.15, -0.1) is 10.2 Å². The van der Waals surface area contributed by atoms with Gasteiger partial charge in [-0.25, -0.2) is 9.78 Å². The van der Waals surface area contributed by atoms with Crippen LogP contribution in [0.2, 0.25) is 0 Å². The van der Waals surface area contributed by atoms with E-state index in [9.17, 15) is 9.59 Å².